The number of amides is 1. The first-order chi connectivity index (χ1) is 7.21. The standard InChI is InChI=1S/C11H15NO3/c1-12-10(13)11(14-2,15-3)9-7-5-4-6-8-9/h4-8H,1-3H3,(H,12,13). The highest BCUT2D eigenvalue weighted by molar-refractivity contribution is 5.84. The molecule has 0 aliphatic carbocycles. The molecule has 0 unspecified atom stereocenters. The van der Waals surface area contributed by atoms with Crippen LogP contribution in [-0.4, -0.2) is 27.2 Å². The van der Waals surface area contributed by atoms with E-state index in [9.17, 15) is 4.79 Å². The molecule has 0 spiro atoms. The minimum absolute atomic E-state index is 0.335. The van der Waals surface area contributed by atoms with Crippen LogP contribution in [0.2, 0.25) is 0 Å². The van der Waals surface area contributed by atoms with Gasteiger partial charge in [0.2, 0.25) is 0 Å². The average Bonchev–Trinajstić information content (AvgIpc) is 2.32. The van der Waals surface area contributed by atoms with Gasteiger partial charge in [-0.2, -0.15) is 0 Å². The first-order valence-electron chi connectivity index (χ1n) is 4.59. The van der Waals surface area contributed by atoms with E-state index < -0.39 is 5.79 Å². The second-order valence-electron chi connectivity index (χ2n) is 2.97. The van der Waals surface area contributed by atoms with Gasteiger partial charge in [-0.3, -0.25) is 4.79 Å². The summed E-state index contributed by atoms with van der Waals surface area (Å²) >= 11 is 0. The maximum atomic E-state index is 11.7. The van der Waals surface area contributed by atoms with E-state index in [2.05, 4.69) is 5.32 Å². The Bertz CT molecular complexity index is 320. The number of ether oxygens (including phenoxy) is 2. The summed E-state index contributed by atoms with van der Waals surface area (Å²) in [6, 6.07) is 9.07. The van der Waals surface area contributed by atoms with Crippen LogP contribution in [0.4, 0.5) is 0 Å². The van der Waals surface area contributed by atoms with Crippen molar-refractivity contribution in [3.8, 4) is 0 Å². The number of hydrogen-bond donors (Lipinski definition) is 1. The molecule has 0 bridgehead atoms. The number of benzene rings is 1. The van der Waals surface area contributed by atoms with E-state index in [0.29, 0.717) is 5.56 Å². The molecule has 1 amide bonds. The Balaban J connectivity index is 3.17. The SMILES string of the molecule is CNC(=O)C(OC)(OC)c1ccccc1. The molecule has 1 aromatic carbocycles. The Kier molecular flexibility index (Phi) is 3.82. The third-order valence-electron chi connectivity index (χ3n) is 2.25. The summed E-state index contributed by atoms with van der Waals surface area (Å²) in [5.74, 6) is -1.70. The van der Waals surface area contributed by atoms with Crippen molar-refractivity contribution < 1.29 is 14.3 Å². The van der Waals surface area contributed by atoms with Crippen LogP contribution in [-0.2, 0) is 20.1 Å². The molecule has 15 heavy (non-hydrogen) atoms. The van der Waals surface area contributed by atoms with E-state index in [1.54, 1.807) is 12.1 Å². The average molecular weight is 209 g/mol. The van der Waals surface area contributed by atoms with Crippen molar-refractivity contribution in [2.24, 2.45) is 0 Å². The lowest BCUT2D eigenvalue weighted by molar-refractivity contribution is -0.215. The summed E-state index contributed by atoms with van der Waals surface area (Å²) in [5.41, 5.74) is 0.661. The fourth-order valence-electron chi connectivity index (χ4n) is 1.46. The first-order valence-corrected chi connectivity index (χ1v) is 4.59. The quantitative estimate of drug-likeness (QED) is 0.749. The van der Waals surface area contributed by atoms with Crippen LogP contribution in [0.1, 0.15) is 5.56 Å². The minimum atomic E-state index is -1.37. The largest absolute Gasteiger partial charge is 0.354 e. The lowest BCUT2D eigenvalue weighted by Gasteiger charge is -2.28. The van der Waals surface area contributed by atoms with E-state index in [1.807, 2.05) is 18.2 Å². The van der Waals surface area contributed by atoms with E-state index in [1.165, 1.54) is 21.3 Å². The topological polar surface area (TPSA) is 47.6 Å². The van der Waals surface area contributed by atoms with Crippen LogP contribution in [0.25, 0.3) is 0 Å². The van der Waals surface area contributed by atoms with Crippen LogP contribution in [0.3, 0.4) is 0 Å². The van der Waals surface area contributed by atoms with Crippen molar-refractivity contribution in [1.82, 2.24) is 5.32 Å². The smallest absolute Gasteiger partial charge is 0.285 e. The molecule has 0 saturated heterocycles. The number of carbonyl (C=O) groups is 1. The van der Waals surface area contributed by atoms with Crippen molar-refractivity contribution >= 4 is 5.91 Å². The third kappa shape index (κ3) is 2.00. The number of carbonyl (C=O) groups excluding carboxylic acids is 1. The van der Waals surface area contributed by atoms with Gasteiger partial charge < -0.3 is 14.8 Å². The second-order valence-corrected chi connectivity index (χ2v) is 2.97. The summed E-state index contributed by atoms with van der Waals surface area (Å²) in [6.45, 7) is 0. The Labute approximate surface area is 89.2 Å². The maximum absolute atomic E-state index is 11.7. The van der Waals surface area contributed by atoms with Crippen molar-refractivity contribution in [1.29, 1.82) is 0 Å². The minimum Gasteiger partial charge on any atom is -0.354 e. The van der Waals surface area contributed by atoms with E-state index in [0.717, 1.165) is 0 Å². The van der Waals surface area contributed by atoms with Gasteiger partial charge in [-0.1, -0.05) is 30.3 Å². The summed E-state index contributed by atoms with van der Waals surface area (Å²) in [7, 11) is 4.41. The van der Waals surface area contributed by atoms with Gasteiger partial charge in [0.15, 0.2) is 0 Å². The predicted molar refractivity (Wildman–Crippen MR) is 56.2 cm³/mol. The Morgan fingerprint density at radius 2 is 1.73 bits per heavy atom. The molecule has 0 atom stereocenters. The highest BCUT2D eigenvalue weighted by atomic mass is 16.7. The van der Waals surface area contributed by atoms with Gasteiger partial charge in [0.05, 0.1) is 0 Å². The summed E-state index contributed by atoms with van der Waals surface area (Å²) in [6.07, 6.45) is 0. The molecule has 0 aliphatic heterocycles. The number of rotatable bonds is 4. The van der Waals surface area contributed by atoms with E-state index in [-0.39, 0.29) is 5.91 Å². The molecular weight excluding hydrogens is 194 g/mol. The molecule has 4 nitrogen and oxygen atoms in total. The lowest BCUT2D eigenvalue weighted by atomic mass is 10.1. The third-order valence-corrected chi connectivity index (χ3v) is 2.25. The zero-order valence-corrected chi connectivity index (χ0v) is 9.11. The highest BCUT2D eigenvalue weighted by Gasteiger charge is 2.40. The van der Waals surface area contributed by atoms with Gasteiger partial charge in [-0.05, 0) is 0 Å². The van der Waals surface area contributed by atoms with Crippen molar-refractivity contribution in [2.45, 2.75) is 5.79 Å². The van der Waals surface area contributed by atoms with E-state index >= 15 is 0 Å². The number of hydrogen-bond acceptors (Lipinski definition) is 3. The van der Waals surface area contributed by atoms with Gasteiger partial charge in [-0.25, -0.2) is 0 Å². The molecule has 1 aromatic rings. The molecule has 0 heterocycles. The Morgan fingerprint density at radius 3 is 2.13 bits per heavy atom. The zero-order valence-electron chi connectivity index (χ0n) is 9.11. The van der Waals surface area contributed by atoms with Crippen molar-refractivity contribution in [2.75, 3.05) is 21.3 Å². The summed E-state index contributed by atoms with van der Waals surface area (Å²) in [4.78, 5) is 11.7. The molecule has 1 rings (SSSR count). The van der Waals surface area contributed by atoms with Crippen molar-refractivity contribution in [3.63, 3.8) is 0 Å². The van der Waals surface area contributed by atoms with Gasteiger partial charge in [-0.15, -0.1) is 0 Å². The Hall–Kier alpha value is -1.39. The van der Waals surface area contributed by atoms with Gasteiger partial charge in [0.1, 0.15) is 0 Å². The van der Waals surface area contributed by atoms with Crippen LogP contribution < -0.4 is 5.32 Å². The zero-order chi connectivity index (χ0) is 11.3. The molecule has 82 valence electrons. The molecule has 0 aromatic heterocycles. The van der Waals surface area contributed by atoms with Gasteiger partial charge in [0.25, 0.3) is 11.7 Å². The normalized spacial score (nSPS) is 11.1. The second kappa shape index (κ2) is 4.91. The van der Waals surface area contributed by atoms with Crippen LogP contribution in [0.5, 0.6) is 0 Å². The molecule has 0 fully saturated rings. The maximum Gasteiger partial charge on any atom is 0.285 e. The van der Waals surface area contributed by atoms with Crippen molar-refractivity contribution in [3.05, 3.63) is 35.9 Å². The van der Waals surface area contributed by atoms with Gasteiger partial charge >= 0.3 is 0 Å². The lowest BCUT2D eigenvalue weighted by Crippen LogP contribution is -2.46. The first kappa shape index (κ1) is 11.7. The van der Waals surface area contributed by atoms with Crippen LogP contribution in [0, 0.1) is 0 Å². The predicted octanol–water partition coefficient (Wildman–Crippen LogP) is 0.878. The fourth-order valence-corrected chi connectivity index (χ4v) is 1.46. The summed E-state index contributed by atoms with van der Waals surface area (Å²) < 4.78 is 10.4. The molecular formula is C11H15NO3. The Morgan fingerprint density at radius 1 is 1.20 bits per heavy atom. The molecule has 4 heteroatoms. The molecule has 0 saturated carbocycles. The number of likely N-dealkylation sites (N-methyl/N-ethyl adjacent to an activating group) is 1. The van der Waals surface area contributed by atoms with Crippen LogP contribution in [0.15, 0.2) is 30.3 Å². The van der Waals surface area contributed by atoms with E-state index in [4.69, 9.17) is 9.47 Å². The van der Waals surface area contributed by atoms with Crippen LogP contribution >= 0.6 is 0 Å². The molecule has 1 N–H and O–H groups in total. The molecule has 0 radical (unpaired) electrons. The van der Waals surface area contributed by atoms with Gasteiger partial charge in [0, 0.05) is 26.8 Å². The fraction of sp³-hybridized carbons (Fsp3) is 0.364. The monoisotopic (exact) mass is 209 g/mol. The molecule has 0 aliphatic rings. The highest BCUT2D eigenvalue weighted by Crippen LogP contribution is 2.25. The number of methoxy groups -OCH3 is 2. The summed E-state index contributed by atoms with van der Waals surface area (Å²) in [5, 5.41) is 2.52. The number of nitrogens with one attached hydrogen (secondary N) is 1.